The Balaban J connectivity index is 1.49. The molecule has 1 aromatic carbocycles. The van der Waals surface area contributed by atoms with Gasteiger partial charge in [0.25, 0.3) is 0 Å². The molecule has 0 radical (unpaired) electrons. The van der Waals surface area contributed by atoms with Crippen LogP contribution in [0.4, 0.5) is 0 Å². The Morgan fingerprint density at radius 3 is 2.50 bits per heavy atom. The molecule has 0 spiro atoms. The Labute approximate surface area is 156 Å². The summed E-state index contributed by atoms with van der Waals surface area (Å²) in [7, 11) is -3.58. The van der Waals surface area contributed by atoms with Crippen LogP contribution in [-0.4, -0.2) is 28.2 Å². The second-order valence-corrected chi connectivity index (χ2v) is 10.4. The number of fused-ring (bicyclic) bond motifs is 1. The number of benzene rings is 1. The third kappa shape index (κ3) is 3.38. The van der Waals surface area contributed by atoms with E-state index < -0.39 is 10.0 Å². The third-order valence-corrected chi connectivity index (χ3v) is 6.76. The van der Waals surface area contributed by atoms with E-state index >= 15 is 0 Å². The molecule has 0 bridgehead atoms. The number of hydrogen-bond acceptors (Lipinski definition) is 6. The molecule has 0 aliphatic heterocycles. The van der Waals surface area contributed by atoms with Crippen molar-refractivity contribution in [3.05, 3.63) is 40.7 Å². The van der Waals surface area contributed by atoms with Gasteiger partial charge < -0.3 is 0 Å². The van der Waals surface area contributed by atoms with E-state index in [0.29, 0.717) is 15.9 Å². The van der Waals surface area contributed by atoms with Crippen molar-refractivity contribution >= 4 is 26.3 Å². The quantitative estimate of drug-likeness (QED) is 0.722. The van der Waals surface area contributed by atoms with Gasteiger partial charge in [0.15, 0.2) is 5.82 Å². The molecule has 1 saturated carbocycles. The molecule has 4 rings (SSSR count). The smallest absolute Gasteiger partial charge is 0.207 e. The largest absolute Gasteiger partial charge is 0.240 e. The second kappa shape index (κ2) is 6.11. The number of rotatable bonds is 5. The second-order valence-electron chi connectivity index (χ2n) is 7.62. The van der Waals surface area contributed by atoms with Gasteiger partial charge in [-0.05, 0) is 36.0 Å². The van der Waals surface area contributed by atoms with E-state index in [9.17, 15) is 8.42 Å². The highest BCUT2D eigenvalue weighted by molar-refractivity contribution is 7.89. The molecule has 138 valence electrons. The molecule has 0 saturated heterocycles. The number of hydrogen-bond donors (Lipinski definition) is 1. The maximum atomic E-state index is 12.5. The summed E-state index contributed by atoms with van der Waals surface area (Å²) in [5, 5.41) is 13.4. The Morgan fingerprint density at radius 1 is 1.19 bits per heavy atom. The van der Waals surface area contributed by atoms with Gasteiger partial charge >= 0.3 is 0 Å². The van der Waals surface area contributed by atoms with Crippen LogP contribution in [0.1, 0.15) is 55.9 Å². The summed E-state index contributed by atoms with van der Waals surface area (Å²) >= 11 is 1.36. The maximum absolute atomic E-state index is 12.5. The lowest BCUT2D eigenvalue weighted by atomic mass is 9.87. The fourth-order valence-corrected chi connectivity index (χ4v) is 4.57. The normalized spacial score (nSPS) is 15.7. The van der Waals surface area contributed by atoms with E-state index in [4.69, 9.17) is 0 Å². The van der Waals surface area contributed by atoms with Gasteiger partial charge in [-0.2, -0.15) is 9.61 Å². The van der Waals surface area contributed by atoms with Crippen molar-refractivity contribution in [3.8, 4) is 0 Å². The molecule has 2 aromatic heterocycles. The molecule has 3 aromatic rings. The van der Waals surface area contributed by atoms with Gasteiger partial charge in [0.05, 0.1) is 11.4 Å². The first-order valence-electron chi connectivity index (χ1n) is 8.55. The molecule has 7 nitrogen and oxygen atoms in total. The highest BCUT2D eigenvalue weighted by Gasteiger charge is 2.30. The Kier molecular flexibility index (Phi) is 4.13. The van der Waals surface area contributed by atoms with E-state index in [1.807, 2.05) is 12.1 Å². The summed E-state index contributed by atoms with van der Waals surface area (Å²) in [6.45, 7) is 6.43. The lowest BCUT2D eigenvalue weighted by molar-refractivity contribution is 0.577. The van der Waals surface area contributed by atoms with Gasteiger partial charge in [-0.3, -0.25) is 0 Å². The standard InChI is InChI=1S/C17H21N5O2S2/c1-17(2,3)12-6-8-13(9-7-12)26(23,24)18-10-14-21-22-15(11-4-5-11)19-20-16(22)25-14/h6-9,11,18H,4-5,10H2,1-3H3. The number of nitrogens with zero attached hydrogens (tertiary/aromatic N) is 4. The zero-order valence-corrected chi connectivity index (χ0v) is 16.6. The van der Waals surface area contributed by atoms with Crippen molar-refractivity contribution in [2.75, 3.05) is 0 Å². The highest BCUT2D eigenvalue weighted by Crippen LogP contribution is 2.39. The predicted octanol–water partition coefficient (Wildman–Crippen LogP) is 2.84. The van der Waals surface area contributed by atoms with Gasteiger partial charge in [-0.15, -0.1) is 10.2 Å². The molecule has 0 amide bonds. The molecule has 1 fully saturated rings. The van der Waals surface area contributed by atoms with Crippen molar-refractivity contribution in [1.29, 1.82) is 0 Å². The van der Waals surface area contributed by atoms with Gasteiger partial charge in [-0.25, -0.2) is 13.1 Å². The van der Waals surface area contributed by atoms with Crippen LogP contribution in [0.3, 0.4) is 0 Å². The molecule has 1 aliphatic carbocycles. The van der Waals surface area contributed by atoms with Crippen LogP contribution < -0.4 is 4.72 Å². The lowest BCUT2D eigenvalue weighted by Gasteiger charge is -2.19. The zero-order valence-electron chi connectivity index (χ0n) is 14.9. The van der Waals surface area contributed by atoms with Crippen LogP contribution in [0.5, 0.6) is 0 Å². The molecule has 9 heteroatoms. The molecular weight excluding hydrogens is 370 g/mol. The fraction of sp³-hybridized carbons (Fsp3) is 0.471. The molecule has 26 heavy (non-hydrogen) atoms. The lowest BCUT2D eigenvalue weighted by Crippen LogP contribution is -2.23. The third-order valence-electron chi connectivity index (χ3n) is 4.44. The minimum Gasteiger partial charge on any atom is -0.207 e. The molecule has 1 aliphatic rings. The number of aromatic nitrogens is 4. The van der Waals surface area contributed by atoms with Crippen molar-refractivity contribution in [2.24, 2.45) is 0 Å². The van der Waals surface area contributed by atoms with Crippen LogP contribution in [0.25, 0.3) is 4.96 Å². The molecule has 1 N–H and O–H groups in total. The Bertz CT molecular complexity index is 1040. The summed E-state index contributed by atoms with van der Waals surface area (Å²) in [6, 6.07) is 7.01. The van der Waals surface area contributed by atoms with E-state index in [1.54, 1.807) is 16.6 Å². The van der Waals surface area contributed by atoms with Crippen LogP contribution >= 0.6 is 11.3 Å². The summed E-state index contributed by atoms with van der Waals surface area (Å²) in [4.78, 5) is 0.961. The van der Waals surface area contributed by atoms with E-state index in [1.165, 1.54) is 11.3 Å². The zero-order chi connectivity index (χ0) is 18.5. The van der Waals surface area contributed by atoms with E-state index in [2.05, 4.69) is 40.8 Å². The summed E-state index contributed by atoms with van der Waals surface area (Å²) in [6.07, 6.45) is 2.23. The molecule has 2 heterocycles. The van der Waals surface area contributed by atoms with Crippen LogP contribution in [0.2, 0.25) is 0 Å². The van der Waals surface area contributed by atoms with Crippen molar-refractivity contribution in [3.63, 3.8) is 0 Å². The highest BCUT2D eigenvalue weighted by atomic mass is 32.2. The Hall–Kier alpha value is -1.84. The molecule has 0 unspecified atom stereocenters. The van der Waals surface area contributed by atoms with Crippen molar-refractivity contribution in [1.82, 2.24) is 24.5 Å². The van der Waals surface area contributed by atoms with E-state index in [-0.39, 0.29) is 16.9 Å². The first kappa shape index (κ1) is 17.6. The van der Waals surface area contributed by atoms with E-state index in [0.717, 1.165) is 24.2 Å². The minimum atomic E-state index is -3.58. The number of nitrogens with one attached hydrogen (secondary N) is 1. The van der Waals surface area contributed by atoms with Crippen LogP contribution in [-0.2, 0) is 22.0 Å². The average molecular weight is 392 g/mol. The molecular formula is C17H21N5O2S2. The summed E-state index contributed by atoms with van der Waals surface area (Å²) in [5.74, 6) is 1.32. The maximum Gasteiger partial charge on any atom is 0.240 e. The van der Waals surface area contributed by atoms with Crippen molar-refractivity contribution in [2.45, 2.75) is 56.4 Å². The first-order valence-corrected chi connectivity index (χ1v) is 10.9. The topological polar surface area (TPSA) is 89.2 Å². The predicted molar refractivity (Wildman–Crippen MR) is 99.8 cm³/mol. The van der Waals surface area contributed by atoms with Crippen LogP contribution in [0, 0.1) is 0 Å². The first-order chi connectivity index (χ1) is 12.2. The van der Waals surface area contributed by atoms with Crippen LogP contribution in [0.15, 0.2) is 29.2 Å². The number of sulfonamides is 1. The van der Waals surface area contributed by atoms with Gasteiger partial charge in [0, 0.05) is 5.92 Å². The van der Waals surface area contributed by atoms with Gasteiger partial charge in [-0.1, -0.05) is 44.2 Å². The van der Waals surface area contributed by atoms with Gasteiger partial charge in [0.2, 0.25) is 15.0 Å². The average Bonchev–Trinajstić information content (AvgIpc) is 3.22. The SMILES string of the molecule is CC(C)(C)c1ccc(S(=O)(=O)NCc2nn3c(C4CC4)nnc3s2)cc1. The summed E-state index contributed by atoms with van der Waals surface area (Å²) in [5.41, 5.74) is 1.08. The fourth-order valence-electron chi connectivity index (χ4n) is 2.71. The minimum absolute atomic E-state index is 0.0152. The summed E-state index contributed by atoms with van der Waals surface area (Å²) < 4.78 is 29.4. The Morgan fingerprint density at radius 2 is 1.88 bits per heavy atom. The van der Waals surface area contributed by atoms with Crippen molar-refractivity contribution < 1.29 is 8.42 Å². The van der Waals surface area contributed by atoms with Gasteiger partial charge in [0.1, 0.15) is 5.01 Å². The molecule has 0 atom stereocenters. The monoisotopic (exact) mass is 391 g/mol.